The van der Waals surface area contributed by atoms with Gasteiger partial charge in [-0.3, -0.25) is 4.79 Å². The molecule has 0 aromatic heterocycles. The SMILES string of the molecule is O=C1NC2(CCN(CC3CC3)CC2)CC1c1ccccc1. The molecule has 1 aliphatic carbocycles. The lowest BCUT2D eigenvalue weighted by Gasteiger charge is -2.39. The predicted molar refractivity (Wildman–Crippen MR) is 83.1 cm³/mol. The van der Waals surface area contributed by atoms with E-state index in [2.05, 4.69) is 22.3 Å². The molecule has 1 aromatic carbocycles. The molecule has 1 saturated carbocycles. The number of hydrogen-bond donors (Lipinski definition) is 1. The van der Waals surface area contributed by atoms with E-state index in [1.165, 1.54) is 24.9 Å². The van der Waals surface area contributed by atoms with Crippen molar-refractivity contribution in [1.29, 1.82) is 0 Å². The third-order valence-electron chi connectivity index (χ3n) is 5.53. The molecule has 1 atom stereocenters. The van der Waals surface area contributed by atoms with E-state index >= 15 is 0 Å². The van der Waals surface area contributed by atoms with Crippen molar-refractivity contribution in [3.8, 4) is 0 Å². The van der Waals surface area contributed by atoms with Crippen LogP contribution in [-0.4, -0.2) is 36.0 Å². The zero-order valence-corrected chi connectivity index (χ0v) is 12.6. The number of nitrogens with one attached hydrogen (secondary N) is 1. The summed E-state index contributed by atoms with van der Waals surface area (Å²) in [5.41, 5.74) is 1.24. The Kier molecular flexibility index (Phi) is 3.26. The first-order valence-electron chi connectivity index (χ1n) is 8.33. The van der Waals surface area contributed by atoms with Crippen LogP contribution in [-0.2, 0) is 4.79 Å². The number of carbonyl (C=O) groups excluding carboxylic acids is 1. The molecule has 2 saturated heterocycles. The van der Waals surface area contributed by atoms with E-state index in [0.717, 1.165) is 38.3 Å². The number of benzene rings is 1. The average Bonchev–Trinajstić information content (AvgIpc) is 3.26. The highest BCUT2D eigenvalue weighted by atomic mass is 16.2. The van der Waals surface area contributed by atoms with E-state index in [4.69, 9.17) is 0 Å². The Morgan fingerprint density at radius 1 is 1.14 bits per heavy atom. The first-order valence-corrected chi connectivity index (χ1v) is 8.33. The summed E-state index contributed by atoms with van der Waals surface area (Å²) in [7, 11) is 0. The number of piperidine rings is 1. The summed E-state index contributed by atoms with van der Waals surface area (Å²) >= 11 is 0. The monoisotopic (exact) mass is 284 g/mol. The highest BCUT2D eigenvalue weighted by Gasteiger charge is 2.46. The minimum Gasteiger partial charge on any atom is -0.350 e. The highest BCUT2D eigenvalue weighted by Crippen LogP contribution is 2.40. The maximum absolute atomic E-state index is 12.4. The van der Waals surface area contributed by atoms with Crippen LogP contribution < -0.4 is 5.32 Å². The van der Waals surface area contributed by atoms with Gasteiger partial charge < -0.3 is 10.2 Å². The van der Waals surface area contributed by atoms with E-state index in [9.17, 15) is 4.79 Å². The molecular formula is C18H24N2O. The molecule has 1 aromatic rings. The van der Waals surface area contributed by atoms with Crippen molar-refractivity contribution < 1.29 is 4.79 Å². The van der Waals surface area contributed by atoms with Crippen LogP contribution in [0.5, 0.6) is 0 Å². The number of hydrogen-bond acceptors (Lipinski definition) is 2. The second-order valence-electron chi connectivity index (χ2n) is 7.18. The first-order chi connectivity index (χ1) is 10.2. The van der Waals surface area contributed by atoms with Gasteiger partial charge in [-0.1, -0.05) is 30.3 Å². The second-order valence-corrected chi connectivity index (χ2v) is 7.18. The van der Waals surface area contributed by atoms with Gasteiger partial charge in [0.25, 0.3) is 0 Å². The number of rotatable bonds is 3. The molecule has 1 spiro atoms. The standard InChI is InChI=1S/C18H24N2O/c21-17-16(15-4-2-1-3-5-15)12-18(19-17)8-10-20(11-9-18)13-14-6-7-14/h1-5,14,16H,6-13H2,(H,19,21). The van der Waals surface area contributed by atoms with Crippen molar-refractivity contribution in [2.24, 2.45) is 5.92 Å². The van der Waals surface area contributed by atoms with Crippen LogP contribution in [0.3, 0.4) is 0 Å². The largest absolute Gasteiger partial charge is 0.350 e. The zero-order chi connectivity index (χ0) is 14.3. The summed E-state index contributed by atoms with van der Waals surface area (Å²) in [6, 6.07) is 10.3. The van der Waals surface area contributed by atoms with Crippen LogP contribution in [0.1, 0.15) is 43.6 Å². The van der Waals surface area contributed by atoms with Crippen LogP contribution in [0.15, 0.2) is 30.3 Å². The van der Waals surface area contributed by atoms with Gasteiger partial charge in [0.15, 0.2) is 0 Å². The first kappa shape index (κ1) is 13.3. The maximum Gasteiger partial charge on any atom is 0.228 e. The quantitative estimate of drug-likeness (QED) is 0.925. The fraction of sp³-hybridized carbons (Fsp3) is 0.611. The summed E-state index contributed by atoms with van der Waals surface area (Å²) < 4.78 is 0. The molecule has 4 rings (SSSR count). The molecule has 1 unspecified atom stereocenters. The van der Waals surface area contributed by atoms with Gasteiger partial charge >= 0.3 is 0 Å². The molecule has 0 radical (unpaired) electrons. The summed E-state index contributed by atoms with van der Waals surface area (Å²) in [6.07, 6.45) is 6.07. The van der Waals surface area contributed by atoms with Gasteiger partial charge in [0.05, 0.1) is 5.92 Å². The molecule has 112 valence electrons. The van der Waals surface area contributed by atoms with Gasteiger partial charge in [-0.15, -0.1) is 0 Å². The Labute approximate surface area is 126 Å². The van der Waals surface area contributed by atoms with Crippen molar-refractivity contribution in [2.45, 2.75) is 43.6 Å². The van der Waals surface area contributed by atoms with Crippen LogP contribution >= 0.6 is 0 Å². The Hall–Kier alpha value is -1.35. The Morgan fingerprint density at radius 2 is 1.86 bits per heavy atom. The molecule has 3 aliphatic rings. The molecule has 3 heteroatoms. The van der Waals surface area contributed by atoms with Crippen molar-refractivity contribution in [2.75, 3.05) is 19.6 Å². The van der Waals surface area contributed by atoms with Crippen LogP contribution in [0.25, 0.3) is 0 Å². The maximum atomic E-state index is 12.4. The lowest BCUT2D eigenvalue weighted by Crippen LogP contribution is -2.51. The number of carbonyl (C=O) groups is 1. The Balaban J connectivity index is 1.42. The van der Waals surface area contributed by atoms with Gasteiger partial charge in [0, 0.05) is 25.2 Å². The van der Waals surface area contributed by atoms with E-state index in [-0.39, 0.29) is 17.4 Å². The molecule has 0 bridgehead atoms. The summed E-state index contributed by atoms with van der Waals surface area (Å²) in [4.78, 5) is 15.0. The highest BCUT2D eigenvalue weighted by molar-refractivity contribution is 5.87. The van der Waals surface area contributed by atoms with E-state index < -0.39 is 0 Å². The van der Waals surface area contributed by atoms with Gasteiger partial charge in [0.2, 0.25) is 5.91 Å². The Morgan fingerprint density at radius 3 is 2.52 bits per heavy atom. The molecule has 21 heavy (non-hydrogen) atoms. The predicted octanol–water partition coefficient (Wildman–Crippen LogP) is 2.53. The van der Waals surface area contributed by atoms with Crippen molar-refractivity contribution in [3.05, 3.63) is 35.9 Å². The molecule has 1 N–H and O–H groups in total. The van der Waals surface area contributed by atoms with Gasteiger partial charge in [0.1, 0.15) is 0 Å². The molecule has 2 aliphatic heterocycles. The van der Waals surface area contributed by atoms with Crippen molar-refractivity contribution >= 4 is 5.91 Å². The van der Waals surface area contributed by atoms with Crippen molar-refractivity contribution in [1.82, 2.24) is 10.2 Å². The average molecular weight is 284 g/mol. The van der Waals surface area contributed by atoms with E-state index in [1.54, 1.807) is 0 Å². The van der Waals surface area contributed by atoms with Crippen LogP contribution in [0.4, 0.5) is 0 Å². The van der Waals surface area contributed by atoms with E-state index in [0.29, 0.717) is 0 Å². The van der Waals surface area contributed by atoms with E-state index in [1.807, 2.05) is 18.2 Å². The fourth-order valence-electron chi connectivity index (χ4n) is 4.00. The zero-order valence-electron chi connectivity index (χ0n) is 12.6. The lowest BCUT2D eigenvalue weighted by molar-refractivity contribution is -0.121. The molecule has 2 heterocycles. The number of amides is 1. The molecule has 1 amide bonds. The number of likely N-dealkylation sites (tertiary alicyclic amines) is 1. The van der Waals surface area contributed by atoms with Gasteiger partial charge in [-0.05, 0) is 43.6 Å². The summed E-state index contributed by atoms with van der Waals surface area (Å²) in [5, 5.41) is 3.34. The summed E-state index contributed by atoms with van der Waals surface area (Å²) in [5.74, 6) is 1.26. The van der Waals surface area contributed by atoms with Gasteiger partial charge in [-0.2, -0.15) is 0 Å². The minimum atomic E-state index is 0.0567. The van der Waals surface area contributed by atoms with Crippen LogP contribution in [0, 0.1) is 5.92 Å². The molecule has 3 fully saturated rings. The third-order valence-corrected chi connectivity index (χ3v) is 5.53. The normalized spacial score (nSPS) is 28.8. The van der Waals surface area contributed by atoms with Crippen molar-refractivity contribution in [3.63, 3.8) is 0 Å². The smallest absolute Gasteiger partial charge is 0.228 e. The topological polar surface area (TPSA) is 32.3 Å². The second kappa shape index (κ2) is 5.13. The lowest BCUT2D eigenvalue weighted by atomic mass is 9.82. The fourth-order valence-corrected chi connectivity index (χ4v) is 4.00. The van der Waals surface area contributed by atoms with Gasteiger partial charge in [-0.25, -0.2) is 0 Å². The minimum absolute atomic E-state index is 0.0567. The molecule has 3 nitrogen and oxygen atoms in total. The summed E-state index contributed by atoms with van der Waals surface area (Å²) in [6.45, 7) is 3.59. The molecular weight excluding hydrogens is 260 g/mol. The third kappa shape index (κ3) is 2.71. The Bertz CT molecular complexity index is 515. The number of nitrogens with zero attached hydrogens (tertiary/aromatic N) is 1. The van der Waals surface area contributed by atoms with Crippen LogP contribution in [0.2, 0.25) is 0 Å².